The minimum absolute atomic E-state index is 0.0293. The summed E-state index contributed by atoms with van der Waals surface area (Å²) in [6, 6.07) is 0. The summed E-state index contributed by atoms with van der Waals surface area (Å²) in [6.45, 7) is -0.0293. The molecule has 0 aromatic rings. The summed E-state index contributed by atoms with van der Waals surface area (Å²) in [4.78, 5) is 10.7. The van der Waals surface area contributed by atoms with Crippen LogP contribution in [-0.2, 0) is 15.6 Å². The largest absolute Gasteiger partial charge is 0.480 e. The molecule has 82 valence electrons. The second-order valence-corrected chi connectivity index (χ2v) is 5.54. The molecule has 0 spiro atoms. The van der Waals surface area contributed by atoms with Gasteiger partial charge in [-0.15, -0.1) is 0 Å². The predicted molar refractivity (Wildman–Crippen MR) is 55.5 cm³/mol. The predicted octanol–water partition coefficient (Wildman–Crippen LogP) is 0.480. The maximum atomic E-state index is 11.8. The Labute approximate surface area is 86.3 Å². The van der Waals surface area contributed by atoms with Gasteiger partial charge in [0.1, 0.15) is 5.25 Å². The van der Waals surface area contributed by atoms with E-state index in [1.807, 2.05) is 0 Å². The summed E-state index contributed by atoms with van der Waals surface area (Å²) >= 11 is 0. The van der Waals surface area contributed by atoms with Gasteiger partial charge in [-0.05, 0) is 12.8 Å². The molecular formula is C9H17NO3S. The minimum atomic E-state index is -1.30. The molecule has 0 aromatic heterocycles. The van der Waals surface area contributed by atoms with Crippen LogP contribution in [0.5, 0.6) is 0 Å². The Balaban J connectivity index is 2.56. The first-order chi connectivity index (χ1) is 6.66. The second-order valence-electron chi connectivity index (χ2n) is 3.65. The van der Waals surface area contributed by atoms with E-state index in [1.54, 1.807) is 0 Å². The van der Waals surface area contributed by atoms with Crippen LogP contribution in [0.25, 0.3) is 0 Å². The summed E-state index contributed by atoms with van der Waals surface area (Å²) in [5.41, 5.74) is 5.31. The van der Waals surface area contributed by atoms with Crippen LogP contribution in [0.3, 0.4) is 0 Å². The first kappa shape index (κ1) is 11.7. The van der Waals surface area contributed by atoms with Crippen molar-refractivity contribution in [1.82, 2.24) is 0 Å². The smallest absolute Gasteiger partial charge is 0.320 e. The molecule has 0 aromatic carbocycles. The zero-order valence-corrected chi connectivity index (χ0v) is 8.96. The molecule has 0 amide bonds. The third-order valence-electron chi connectivity index (χ3n) is 2.65. The molecule has 3 N–H and O–H groups in total. The third-order valence-corrected chi connectivity index (χ3v) is 4.73. The van der Waals surface area contributed by atoms with Gasteiger partial charge in [0.05, 0.1) is 0 Å². The van der Waals surface area contributed by atoms with Crippen LogP contribution in [0, 0.1) is 0 Å². The van der Waals surface area contributed by atoms with Crippen molar-refractivity contribution in [2.24, 2.45) is 5.73 Å². The molecule has 0 radical (unpaired) electrons. The zero-order chi connectivity index (χ0) is 10.6. The number of hydrogen-bond donors (Lipinski definition) is 2. The average molecular weight is 219 g/mol. The van der Waals surface area contributed by atoms with Crippen molar-refractivity contribution in [3.63, 3.8) is 0 Å². The normalized spacial score (nSPS) is 22.9. The topological polar surface area (TPSA) is 80.4 Å². The lowest BCUT2D eigenvalue weighted by atomic mass is 10.0. The molecule has 0 bridgehead atoms. The van der Waals surface area contributed by atoms with Gasteiger partial charge in [0.15, 0.2) is 0 Å². The highest BCUT2D eigenvalue weighted by Crippen LogP contribution is 2.23. The summed E-state index contributed by atoms with van der Waals surface area (Å²) in [5, 5.41) is 7.97. The summed E-state index contributed by atoms with van der Waals surface area (Å²) in [6.07, 6.45) is 5.07. The van der Waals surface area contributed by atoms with Crippen LogP contribution in [0.15, 0.2) is 0 Å². The van der Waals surface area contributed by atoms with Crippen LogP contribution in [-0.4, -0.2) is 32.3 Å². The molecule has 1 fully saturated rings. The Bertz CT molecular complexity index is 226. The average Bonchev–Trinajstić information content (AvgIpc) is 2.19. The highest BCUT2D eigenvalue weighted by molar-refractivity contribution is 7.87. The van der Waals surface area contributed by atoms with Gasteiger partial charge in [-0.25, -0.2) is 0 Å². The van der Waals surface area contributed by atoms with Crippen LogP contribution in [0.4, 0.5) is 0 Å². The first-order valence-electron chi connectivity index (χ1n) is 4.99. The molecule has 1 saturated carbocycles. The van der Waals surface area contributed by atoms with Gasteiger partial charge in [0.2, 0.25) is 0 Å². The number of carboxylic acids is 1. The molecule has 14 heavy (non-hydrogen) atoms. The fourth-order valence-electron chi connectivity index (χ4n) is 1.82. The monoisotopic (exact) mass is 219 g/mol. The fraction of sp³-hybridized carbons (Fsp3) is 0.889. The van der Waals surface area contributed by atoms with Gasteiger partial charge in [0, 0.05) is 22.6 Å². The first-order valence-corrected chi connectivity index (χ1v) is 6.26. The van der Waals surface area contributed by atoms with Crippen molar-refractivity contribution in [2.45, 2.75) is 42.6 Å². The number of carboxylic acid groups (broad SMARTS) is 1. The van der Waals surface area contributed by atoms with Crippen molar-refractivity contribution in [1.29, 1.82) is 0 Å². The lowest BCUT2D eigenvalue weighted by Gasteiger charge is -2.23. The molecule has 1 aliphatic rings. The van der Waals surface area contributed by atoms with Crippen molar-refractivity contribution in [3.8, 4) is 0 Å². The molecular weight excluding hydrogens is 202 g/mol. The fourth-order valence-corrected chi connectivity index (χ4v) is 3.48. The summed E-state index contributed by atoms with van der Waals surface area (Å²) in [5.74, 6) is -1.03. The van der Waals surface area contributed by atoms with E-state index in [-0.39, 0.29) is 11.8 Å². The molecule has 4 nitrogen and oxygen atoms in total. The number of aliphatic carboxylic acids is 1. The highest BCUT2D eigenvalue weighted by atomic mass is 32.2. The quantitative estimate of drug-likeness (QED) is 0.720. The Morgan fingerprint density at radius 2 is 2.00 bits per heavy atom. The zero-order valence-electron chi connectivity index (χ0n) is 8.15. The van der Waals surface area contributed by atoms with E-state index in [0.29, 0.717) is 0 Å². The van der Waals surface area contributed by atoms with Gasteiger partial charge < -0.3 is 10.8 Å². The van der Waals surface area contributed by atoms with Gasteiger partial charge in [-0.1, -0.05) is 19.3 Å². The SMILES string of the molecule is NCC(C(=O)O)S(=O)C1CCCCC1. The molecule has 1 rings (SSSR count). The number of carbonyl (C=O) groups is 1. The number of hydrogen-bond acceptors (Lipinski definition) is 3. The van der Waals surface area contributed by atoms with Gasteiger partial charge in [-0.2, -0.15) is 0 Å². The number of rotatable bonds is 4. The van der Waals surface area contributed by atoms with Gasteiger partial charge in [0.25, 0.3) is 0 Å². The second kappa shape index (κ2) is 5.46. The van der Waals surface area contributed by atoms with Gasteiger partial charge >= 0.3 is 5.97 Å². The summed E-state index contributed by atoms with van der Waals surface area (Å²) < 4.78 is 11.8. The van der Waals surface area contributed by atoms with Crippen molar-refractivity contribution >= 4 is 16.8 Å². The van der Waals surface area contributed by atoms with E-state index in [9.17, 15) is 9.00 Å². The van der Waals surface area contributed by atoms with Crippen LogP contribution >= 0.6 is 0 Å². The Kier molecular flexibility index (Phi) is 4.54. The maximum Gasteiger partial charge on any atom is 0.320 e. The molecule has 0 saturated heterocycles. The van der Waals surface area contributed by atoms with Gasteiger partial charge in [-0.3, -0.25) is 9.00 Å². The number of nitrogens with two attached hydrogens (primary N) is 1. The lowest BCUT2D eigenvalue weighted by Crippen LogP contribution is -2.39. The van der Waals surface area contributed by atoms with Crippen molar-refractivity contribution in [3.05, 3.63) is 0 Å². The van der Waals surface area contributed by atoms with E-state index >= 15 is 0 Å². The van der Waals surface area contributed by atoms with E-state index in [2.05, 4.69) is 0 Å². The van der Waals surface area contributed by atoms with Crippen LogP contribution in [0.1, 0.15) is 32.1 Å². The minimum Gasteiger partial charge on any atom is -0.480 e. The van der Waals surface area contributed by atoms with Crippen LogP contribution < -0.4 is 5.73 Å². The van der Waals surface area contributed by atoms with E-state index in [1.165, 1.54) is 6.42 Å². The van der Waals surface area contributed by atoms with E-state index in [0.717, 1.165) is 25.7 Å². The Morgan fingerprint density at radius 1 is 1.43 bits per heavy atom. The summed E-state index contributed by atoms with van der Waals surface area (Å²) in [7, 11) is -1.30. The molecule has 5 heteroatoms. The Hall–Kier alpha value is -0.420. The standard InChI is InChI=1S/C9H17NO3S/c10-6-8(9(11)12)14(13)7-4-2-1-3-5-7/h7-8H,1-6,10H2,(H,11,12). The van der Waals surface area contributed by atoms with E-state index in [4.69, 9.17) is 10.8 Å². The third kappa shape index (κ3) is 2.78. The Morgan fingerprint density at radius 3 is 2.43 bits per heavy atom. The molecule has 1 aliphatic carbocycles. The van der Waals surface area contributed by atoms with E-state index < -0.39 is 22.0 Å². The molecule has 2 atom stereocenters. The van der Waals surface area contributed by atoms with Crippen molar-refractivity contribution < 1.29 is 14.1 Å². The highest BCUT2D eigenvalue weighted by Gasteiger charge is 2.30. The van der Waals surface area contributed by atoms with Crippen LogP contribution in [0.2, 0.25) is 0 Å². The molecule has 0 heterocycles. The molecule has 0 aliphatic heterocycles. The lowest BCUT2D eigenvalue weighted by molar-refractivity contribution is -0.136. The van der Waals surface area contributed by atoms with Crippen molar-refractivity contribution in [2.75, 3.05) is 6.54 Å². The maximum absolute atomic E-state index is 11.8. The molecule has 2 unspecified atom stereocenters.